The van der Waals surface area contributed by atoms with E-state index in [9.17, 15) is 32.7 Å². The Hall–Kier alpha value is -2.85. The van der Waals surface area contributed by atoms with Crippen LogP contribution in [0.3, 0.4) is 0 Å². The van der Waals surface area contributed by atoms with Crippen LogP contribution in [-0.4, -0.2) is 52.8 Å². The molecule has 0 aliphatic carbocycles. The summed E-state index contributed by atoms with van der Waals surface area (Å²) < 4.78 is 41.1. The van der Waals surface area contributed by atoms with Gasteiger partial charge in [0.05, 0.1) is 36.1 Å². The van der Waals surface area contributed by atoms with Crippen molar-refractivity contribution < 1.29 is 32.7 Å². The van der Waals surface area contributed by atoms with E-state index in [0.29, 0.717) is 25.1 Å². The third-order valence-corrected chi connectivity index (χ3v) is 6.35. The van der Waals surface area contributed by atoms with Crippen LogP contribution >= 0.6 is 11.6 Å². The van der Waals surface area contributed by atoms with Gasteiger partial charge in [-0.3, -0.25) is 23.2 Å². The number of hydrogen-bond donors (Lipinski definition) is 3. The zero-order chi connectivity index (χ0) is 25.0. The van der Waals surface area contributed by atoms with E-state index in [4.69, 9.17) is 11.6 Å². The number of rotatable bonds is 10. The zero-order valence-electron chi connectivity index (χ0n) is 18.5. The Morgan fingerprint density at radius 1 is 1.21 bits per heavy atom. The van der Waals surface area contributed by atoms with E-state index < -0.39 is 48.9 Å². The van der Waals surface area contributed by atoms with Crippen LogP contribution < -0.4 is 10.6 Å². The number of halogens is 4. The van der Waals surface area contributed by atoms with E-state index in [-0.39, 0.29) is 40.4 Å². The van der Waals surface area contributed by atoms with E-state index in [2.05, 4.69) is 10.6 Å². The second-order valence-electron chi connectivity index (χ2n) is 8.23. The first-order valence-electron chi connectivity index (χ1n) is 10.8. The van der Waals surface area contributed by atoms with Crippen LogP contribution in [0, 0.1) is 12.7 Å². The van der Waals surface area contributed by atoms with Crippen molar-refractivity contribution in [3.05, 3.63) is 51.6 Å². The van der Waals surface area contributed by atoms with Gasteiger partial charge in [-0.15, -0.1) is 0 Å². The average molecular weight is 500 g/mol. The fourth-order valence-corrected chi connectivity index (χ4v) is 4.48. The van der Waals surface area contributed by atoms with Crippen molar-refractivity contribution in [1.29, 1.82) is 0 Å². The summed E-state index contributed by atoms with van der Waals surface area (Å²) in [6, 6.07) is 3.70. The van der Waals surface area contributed by atoms with Crippen molar-refractivity contribution >= 4 is 34.9 Å². The summed E-state index contributed by atoms with van der Waals surface area (Å²) in [5.41, 5.74) is -0.360. The molecule has 1 aromatic heterocycles. The van der Waals surface area contributed by atoms with Crippen molar-refractivity contribution in [2.75, 3.05) is 25.3 Å². The third kappa shape index (κ3) is 4.97. The number of benzene rings is 1. The highest BCUT2D eigenvalue weighted by atomic mass is 35.5. The van der Waals surface area contributed by atoms with Crippen molar-refractivity contribution in [1.82, 2.24) is 9.88 Å². The van der Waals surface area contributed by atoms with Crippen molar-refractivity contribution in [3.63, 3.8) is 0 Å². The average Bonchev–Trinajstić information content (AvgIpc) is 3.35. The Morgan fingerprint density at radius 2 is 1.88 bits per heavy atom. The monoisotopic (exact) mass is 499 g/mol. The summed E-state index contributed by atoms with van der Waals surface area (Å²) >= 11 is 5.77. The summed E-state index contributed by atoms with van der Waals surface area (Å²) in [5.74, 6) is -3.28. The SMILES string of the molecule is Cc1c(C(=O)C(=O)NC(CO)(CCF)CCF)c2n(c1C(=O)Nc1ccc(F)c(Cl)c1)CCC2. The molecule has 2 amide bonds. The molecule has 2 heterocycles. The zero-order valence-corrected chi connectivity index (χ0v) is 19.3. The normalized spacial score (nSPS) is 13.0. The molecule has 1 aromatic carbocycles. The molecule has 1 aliphatic heterocycles. The van der Waals surface area contributed by atoms with Crippen molar-refractivity contribution in [3.8, 4) is 0 Å². The first-order valence-corrected chi connectivity index (χ1v) is 11.1. The highest BCUT2D eigenvalue weighted by Crippen LogP contribution is 2.31. The lowest BCUT2D eigenvalue weighted by Crippen LogP contribution is -2.54. The van der Waals surface area contributed by atoms with Gasteiger partial charge in [-0.2, -0.15) is 0 Å². The Balaban J connectivity index is 1.92. The smallest absolute Gasteiger partial charge is 0.292 e. The molecular weight excluding hydrogens is 475 g/mol. The number of Topliss-reactive ketones (excluding diaryl/α,β-unsaturated/α-hetero) is 1. The lowest BCUT2D eigenvalue weighted by molar-refractivity contribution is -0.119. The van der Waals surface area contributed by atoms with Crippen LogP contribution in [0.2, 0.25) is 5.02 Å². The van der Waals surface area contributed by atoms with Crippen molar-refractivity contribution in [2.24, 2.45) is 0 Å². The Morgan fingerprint density at radius 3 is 2.47 bits per heavy atom. The first kappa shape index (κ1) is 25.8. The summed E-state index contributed by atoms with van der Waals surface area (Å²) in [7, 11) is 0. The maximum absolute atomic E-state index is 13.4. The molecule has 3 rings (SSSR count). The first-order chi connectivity index (χ1) is 16.2. The molecule has 11 heteroatoms. The molecule has 3 N–H and O–H groups in total. The lowest BCUT2D eigenvalue weighted by atomic mass is 9.92. The van der Waals surface area contributed by atoms with Crippen LogP contribution in [0.1, 0.15) is 51.4 Å². The molecular formula is C23H25ClF3N3O4. The van der Waals surface area contributed by atoms with E-state index in [1.165, 1.54) is 19.1 Å². The number of aromatic nitrogens is 1. The third-order valence-electron chi connectivity index (χ3n) is 6.06. The van der Waals surface area contributed by atoms with Gasteiger partial charge >= 0.3 is 0 Å². The molecule has 7 nitrogen and oxygen atoms in total. The van der Waals surface area contributed by atoms with Gasteiger partial charge in [0, 0.05) is 30.8 Å². The largest absolute Gasteiger partial charge is 0.394 e. The van der Waals surface area contributed by atoms with Gasteiger partial charge in [-0.05, 0) is 43.5 Å². The van der Waals surface area contributed by atoms with Gasteiger partial charge in [0.1, 0.15) is 11.5 Å². The molecule has 2 aromatic rings. The van der Waals surface area contributed by atoms with Crippen LogP contribution in [0.15, 0.2) is 18.2 Å². The van der Waals surface area contributed by atoms with Crippen LogP contribution in [0.4, 0.5) is 18.9 Å². The number of hydrogen-bond acceptors (Lipinski definition) is 4. The predicted octanol–water partition coefficient (Wildman–Crippen LogP) is 3.54. The minimum absolute atomic E-state index is 0.0459. The predicted molar refractivity (Wildman–Crippen MR) is 120 cm³/mol. The lowest BCUT2D eigenvalue weighted by Gasteiger charge is -2.31. The van der Waals surface area contributed by atoms with E-state index in [0.717, 1.165) is 6.07 Å². The van der Waals surface area contributed by atoms with Gasteiger partial charge in [-0.1, -0.05) is 11.6 Å². The number of carbonyl (C=O) groups excluding carboxylic acids is 3. The van der Waals surface area contributed by atoms with E-state index in [1.54, 1.807) is 4.57 Å². The number of alkyl halides is 2. The molecule has 1 aliphatic rings. The van der Waals surface area contributed by atoms with Crippen LogP contribution in [0.25, 0.3) is 0 Å². The second kappa shape index (κ2) is 10.6. The molecule has 0 radical (unpaired) electrons. The molecule has 0 spiro atoms. The van der Waals surface area contributed by atoms with Gasteiger partial charge in [0.25, 0.3) is 17.6 Å². The van der Waals surface area contributed by atoms with Crippen LogP contribution in [-0.2, 0) is 17.8 Å². The minimum Gasteiger partial charge on any atom is -0.394 e. The number of aliphatic hydroxyl groups is 1. The molecule has 0 atom stereocenters. The van der Waals surface area contributed by atoms with E-state index in [1.807, 2.05) is 0 Å². The maximum Gasteiger partial charge on any atom is 0.292 e. The molecule has 34 heavy (non-hydrogen) atoms. The molecule has 0 saturated heterocycles. The highest BCUT2D eigenvalue weighted by molar-refractivity contribution is 6.44. The second-order valence-corrected chi connectivity index (χ2v) is 8.64. The van der Waals surface area contributed by atoms with Crippen molar-refractivity contribution in [2.45, 2.75) is 44.7 Å². The molecule has 0 saturated carbocycles. The Labute approximate surface area is 199 Å². The number of amides is 2. The minimum atomic E-state index is -1.60. The Bertz CT molecular complexity index is 1110. The summed E-state index contributed by atoms with van der Waals surface area (Å²) in [6.07, 6.45) is 0.385. The summed E-state index contributed by atoms with van der Waals surface area (Å²) in [4.78, 5) is 38.9. The molecule has 184 valence electrons. The molecule has 0 fully saturated rings. The number of anilines is 1. The molecule has 0 unspecified atom stereocenters. The summed E-state index contributed by atoms with van der Waals surface area (Å²) in [6.45, 7) is -0.607. The fraction of sp³-hybridized carbons (Fsp3) is 0.435. The standard InChI is InChI=1S/C23H25ClF3N3O4/c1-13-18(20(32)22(34)29-23(12-31,6-8-25)7-9-26)17-3-2-10-30(17)19(13)21(33)28-14-4-5-16(27)15(24)11-14/h4-5,11,31H,2-3,6-10,12H2,1H3,(H,28,33)(H,29,34). The number of aliphatic hydroxyl groups excluding tert-OH is 1. The quantitative estimate of drug-likeness (QED) is 0.344. The number of fused-ring (bicyclic) bond motifs is 1. The van der Waals surface area contributed by atoms with Gasteiger partial charge < -0.3 is 20.3 Å². The summed E-state index contributed by atoms with van der Waals surface area (Å²) in [5, 5.41) is 14.4. The fourth-order valence-electron chi connectivity index (χ4n) is 4.30. The number of nitrogens with one attached hydrogen (secondary N) is 2. The number of nitrogens with zero attached hydrogens (tertiary/aromatic N) is 1. The van der Waals surface area contributed by atoms with Gasteiger partial charge in [0.2, 0.25) is 0 Å². The van der Waals surface area contributed by atoms with Gasteiger partial charge in [0.15, 0.2) is 0 Å². The Kier molecular flexibility index (Phi) is 8.04. The molecule has 0 bridgehead atoms. The van der Waals surface area contributed by atoms with Gasteiger partial charge in [-0.25, -0.2) is 4.39 Å². The van der Waals surface area contributed by atoms with Crippen LogP contribution in [0.5, 0.6) is 0 Å². The highest BCUT2D eigenvalue weighted by Gasteiger charge is 2.37. The maximum atomic E-state index is 13.4. The number of carbonyl (C=O) groups is 3. The van der Waals surface area contributed by atoms with E-state index >= 15 is 0 Å². The topological polar surface area (TPSA) is 100 Å². The number of ketones is 1.